The number of nitrogens with zero attached hydrogens (tertiary/aromatic N) is 3. The fraction of sp³-hybridized carbons (Fsp3) is 0.524. The van der Waals surface area contributed by atoms with Crippen LogP contribution < -0.4 is 16.2 Å². The van der Waals surface area contributed by atoms with Crippen molar-refractivity contribution in [3.63, 3.8) is 0 Å². The molecule has 4 rings (SSSR count). The third-order valence-electron chi connectivity index (χ3n) is 5.45. The average Bonchev–Trinajstić information content (AvgIpc) is 3.37. The number of aromatic nitrogens is 3. The van der Waals surface area contributed by atoms with Crippen molar-refractivity contribution >= 4 is 23.5 Å². The van der Waals surface area contributed by atoms with Crippen LogP contribution in [0.3, 0.4) is 0 Å². The predicted octanol–water partition coefficient (Wildman–Crippen LogP) is 1.68. The van der Waals surface area contributed by atoms with Gasteiger partial charge in [-0.2, -0.15) is 9.61 Å². The van der Waals surface area contributed by atoms with Gasteiger partial charge in [-0.3, -0.25) is 19.0 Å². The van der Waals surface area contributed by atoms with Crippen molar-refractivity contribution in [2.75, 3.05) is 0 Å². The number of halogens is 2. The smallest absolute Gasteiger partial charge is 0.291 e. The summed E-state index contributed by atoms with van der Waals surface area (Å²) >= 11 is 0. The molecule has 0 radical (unpaired) electrons. The topological polar surface area (TPSA) is 118 Å². The zero-order valence-electron chi connectivity index (χ0n) is 17.8. The van der Waals surface area contributed by atoms with E-state index < -0.39 is 48.1 Å². The molecular formula is C21H25F2N5O4. The summed E-state index contributed by atoms with van der Waals surface area (Å²) in [5.41, 5.74) is -0.562. The minimum absolute atomic E-state index is 0.000733. The van der Waals surface area contributed by atoms with E-state index in [9.17, 15) is 28.3 Å². The summed E-state index contributed by atoms with van der Waals surface area (Å²) in [6.07, 6.45) is 4.78. The van der Waals surface area contributed by atoms with Crippen LogP contribution in [0.5, 0.6) is 5.88 Å². The van der Waals surface area contributed by atoms with E-state index in [1.165, 1.54) is 22.9 Å². The SMILES string of the molecule is CC(C)Cn1c(O)c(C(=O)NC2CC2)c(=O)n2ncc(/C=C/C(=O)NC3CC(F)(F)C3)c12. The monoisotopic (exact) mass is 449 g/mol. The molecule has 3 N–H and O–H groups in total. The summed E-state index contributed by atoms with van der Waals surface area (Å²) in [4.78, 5) is 37.6. The number of amides is 2. The van der Waals surface area contributed by atoms with Gasteiger partial charge in [-0.1, -0.05) is 13.8 Å². The zero-order valence-corrected chi connectivity index (χ0v) is 17.8. The van der Waals surface area contributed by atoms with E-state index in [1.54, 1.807) is 0 Å². The Morgan fingerprint density at radius 3 is 2.56 bits per heavy atom. The number of hydrogen-bond acceptors (Lipinski definition) is 5. The van der Waals surface area contributed by atoms with Gasteiger partial charge in [-0.15, -0.1) is 0 Å². The molecule has 2 aromatic rings. The first kappa shape index (κ1) is 22.0. The number of aromatic hydroxyl groups is 1. The first-order chi connectivity index (χ1) is 15.1. The van der Waals surface area contributed by atoms with Gasteiger partial charge in [0, 0.05) is 43.1 Å². The predicted molar refractivity (Wildman–Crippen MR) is 112 cm³/mol. The Labute approximate surface area is 182 Å². The second kappa shape index (κ2) is 8.03. The molecule has 2 aliphatic rings. The van der Waals surface area contributed by atoms with Crippen LogP contribution in [0.15, 0.2) is 17.1 Å². The van der Waals surface area contributed by atoms with Gasteiger partial charge in [0.2, 0.25) is 11.8 Å². The van der Waals surface area contributed by atoms with Gasteiger partial charge < -0.3 is 15.7 Å². The third-order valence-corrected chi connectivity index (χ3v) is 5.45. The second-order valence-electron chi connectivity index (χ2n) is 8.89. The van der Waals surface area contributed by atoms with Gasteiger partial charge in [0.05, 0.1) is 6.20 Å². The number of fused-ring (bicyclic) bond motifs is 1. The highest BCUT2D eigenvalue weighted by Crippen LogP contribution is 2.37. The van der Waals surface area contributed by atoms with Crippen LogP contribution in [0, 0.1) is 5.92 Å². The lowest BCUT2D eigenvalue weighted by molar-refractivity contribution is -0.124. The Kier molecular flexibility index (Phi) is 5.51. The highest BCUT2D eigenvalue weighted by atomic mass is 19.3. The molecule has 0 atom stereocenters. The highest BCUT2D eigenvalue weighted by Gasteiger charge is 2.45. The van der Waals surface area contributed by atoms with Crippen molar-refractivity contribution in [1.29, 1.82) is 0 Å². The Hall–Kier alpha value is -3.24. The maximum absolute atomic E-state index is 12.9. The lowest BCUT2D eigenvalue weighted by Gasteiger charge is -2.34. The maximum Gasteiger partial charge on any atom is 0.291 e. The van der Waals surface area contributed by atoms with Crippen LogP contribution in [0.2, 0.25) is 0 Å². The zero-order chi connectivity index (χ0) is 23.2. The summed E-state index contributed by atoms with van der Waals surface area (Å²) in [6, 6.07) is -0.581. The molecule has 2 heterocycles. The van der Waals surface area contributed by atoms with Crippen molar-refractivity contribution in [2.24, 2.45) is 5.92 Å². The molecule has 0 aromatic carbocycles. The van der Waals surface area contributed by atoms with Crippen molar-refractivity contribution in [3.8, 4) is 5.88 Å². The van der Waals surface area contributed by atoms with Gasteiger partial charge >= 0.3 is 0 Å². The molecule has 2 saturated carbocycles. The number of hydrogen-bond donors (Lipinski definition) is 3. The van der Waals surface area contributed by atoms with E-state index in [0.29, 0.717) is 5.56 Å². The van der Waals surface area contributed by atoms with Crippen LogP contribution in [0.1, 0.15) is 55.5 Å². The van der Waals surface area contributed by atoms with Crippen LogP contribution in [-0.4, -0.2) is 49.1 Å². The van der Waals surface area contributed by atoms with Crippen LogP contribution in [0.25, 0.3) is 11.7 Å². The molecule has 0 bridgehead atoms. The first-order valence-electron chi connectivity index (χ1n) is 10.6. The molecule has 32 heavy (non-hydrogen) atoms. The van der Waals surface area contributed by atoms with Crippen molar-refractivity contribution in [2.45, 2.75) is 64.1 Å². The molecule has 11 heteroatoms. The average molecular weight is 449 g/mol. The minimum atomic E-state index is -2.74. The molecule has 172 valence electrons. The summed E-state index contributed by atoms with van der Waals surface area (Å²) in [7, 11) is 0. The molecule has 0 spiro atoms. The number of nitrogens with one attached hydrogen (secondary N) is 2. The summed E-state index contributed by atoms with van der Waals surface area (Å²) in [6.45, 7) is 4.10. The molecular weight excluding hydrogens is 424 g/mol. The van der Waals surface area contributed by atoms with Crippen molar-refractivity contribution < 1.29 is 23.5 Å². The van der Waals surface area contributed by atoms with Gasteiger partial charge in [-0.05, 0) is 24.8 Å². The number of carbonyl (C=O) groups is 2. The van der Waals surface area contributed by atoms with E-state index >= 15 is 0 Å². The van der Waals surface area contributed by atoms with Gasteiger partial charge in [0.15, 0.2) is 5.56 Å². The fourth-order valence-electron chi connectivity index (χ4n) is 3.73. The van der Waals surface area contributed by atoms with Crippen molar-refractivity contribution in [1.82, 2.24) is 24.8 Å². The van der Waals surface area contributed by atoms with Crippen molar-refractivity contribution in [3.05, 3.63) is 33.8 Å². The molecule has 2 fully saturated rings. The summed E-state index contributed by atoms with van der Waals surface area (Å²) in [5.74, 6) is -4.35. The summed E-state index contributed by atoms with van der Waals surface area (Å²) < 4.78 is 28.3. The standard InChI is InChI=1S/C21H25F2N5O4/c1-11(2)10-27-18-12(3-6-15(29)25-14-7-21(22,23)8-14)9-24-28(18)20(32)16(19(27)31)17(30)26-13-4-5-13/h3,6,9,11,13-14,31H,4-5,7-8,10H2,1-2H3,(H,25,29)(H,26,30)/b6-3+. The number of rotatable bonds is 7. The minimum Gasteiger partial charge on any atom is -0.494 e. The normalized spacial score (nSPS) is 18.3. The molecule has 0 saturated heterocycles. The second-order valence-corrected chi connectivity index (χ2v) is 8.89. The molecule has 2 aliphatic carbocycles. The van der Waals surface area contributed by atoms with E-state index in [4.69, 9.17) is 0 Å². The Morgan fingerprint density at radius 2 is 1.97 bits per heavy atom. The van der Waals surface area contributed by atoms with E-state index in [1.807, 2.05) is 13.8 Å². The van der Waals surface area contributed by atoms with Crippen LogP contribution >= 0.6 is 0 Å². The Morgan fingerprint density at radius 1 is 1.28 bits per heavy atom. The Balaban J connectivity index is 1.67. The highest BCUT2D eigenvalue weighted by molar-refractivity contribution is 5.97. The van der Waals surface area contributed by atoms with Crippen LogP contribution in [-0.2, 0) is 11.3 Å². The quantitative estimate of drug-likeness (QED) is 0.556. The number of alkyl halides is 2. The molecule has 0 aliphatic heterocycles. The van der Waals surface area contributed by atoms with E-state index in [2.05, 4.69) is 15.7 Å². The lowest BCUT2D eigenvalue weighted by atomic mass is 9.88. The molecule has 2 aromatic heterocycles. The van der Waals surface area contributed by atoms with E-state index in [-0.39, 0.29) is 29.7 Å². The maximum atomic E-state index is 12.9. The van der Waals surface area contributed by atoms with E-state index in [0.717, 1.165) is 17.4 Å². The molecule has 9 nitrogen and oxygen atoms in total. The van der Waals surface area contributed by atoms with Crippen LogP contribution in [0.4, 0.5) is 8.78 Å². The third kappa shape index (κ3) is 4.37. The van der Waals surface area contributed by atoms with Gasteiger partial charge in [0.1, 0.15) is 5.65 Å². The largest absolute Gasteiger partial charge is 0.494 e. The first-order valence-corrected chi connectivity index (χ1v) is 10.6. The Bertz CT molecular complexity index is 1160. The number of carbonyl (C=O) groups excluding carboxylic acids is 2. The summed E-state index contributed by atoms with van der Waals surface area (Å²) in [5, 5.41) is 20.1. The van der Waals surface area contributed by atoms with Gasteiger partial charge in [0.25, 0.3) is 17.4 Å². The van der Waals surface area contributed by atoms with Gasteiger partial charge in [-0.25, -0.2) is 8.78 Å². The fourth-order valence-corrected chi connectivity index (χ4v) is 3.73. The molecule has 0 unspecified atom stereocenters. The molecule has 2 amide bonds. The lowest BCUT2D eigenvalue weighted by Crippen LogP contribution is -2.50.